The highest BCUT2D eigenvalue weighted by atomic mass is 16.6. The van der Waals surface area contributed by atoms with Gasteiger partial charge in [-0.05, 0) is 12.1 Å². The average Bonchev–Trinajstić information content (AvgIpc) is 2.26. The van der Waals surface area contributed by atoms with Crippen molar-refractivity contribution in [1.82, 2.24) is 0 Å². The van der Waals surface area contributed by atoms with Gasteiger partial charge in [-0.15, -0.1) is 0 Å². The molecule has 0 bridgehead atoms. The van der Waals surface area contributed by atoms with Crippen LogP contribution in [0.3, 0.4) is 0 Å². The van der Waals surface area contributed by atoms with E-state index in [1.165, 1.54) is 0 Å². The van der Waals surface area contributed by atoms with Gasteiger partial charge in [0.05, 0.1) is 25.9 Å². The van der Waals surface area contributed by atoms with Gasteiger partial charge in [0.2, 0.25) is 0 Å². The Balaban J connectivity index is 1.96. The van der Waals surface area contributed by atoms with Crippen LogP contribution in [0.5, 0.6) is 5.75 Å². The Hall–Kier alpha value is -1.39. The number of hydrogen-bond donors (Lipinski definition) is 0. The molecule has 0 N–H and O–H groups in total. The van der Waals surface area contributed by atoms with Gasteiger partial charge in [0.1, 0.15) is 18.5 Å². The van der Waals surface area contributed by atoms with Crippen molar-refractivity contribution in [3.05, 3.63) is 29.8 Å². The predicted molar refractivity (Wildman–Crippen MR) is 57.9 cm³/mol. The first-order chi connectivity index (χ1) is 7.81. The average molecular weight is 222 g/mol. The quantitative estimate of drug-likeness (QED) is 0.704. The molecule has 1 aliphatic heterocycles. The van der Waals surface area contributed by atoms with Gasteiger partial charge >= 0.3 is 0 Å². The molecule has 2 rings (SSSR count). The number of rotatable bonds is 5. The van der Waals surface area contributed by atoms with Crippen molar-refractivity contribution in [3.63, 3.8) is 0 Å². The standard InChI is InChI=1S/C12H14O4/c1-14-12-5-3-2-4-10(12)11(13)8-16-9-6-15-7-9/h2-5,9H,6-8H2,1H3. The molecule has 0 aromatic heterocycles. The molecular formula is C12H14O4. The minimum Gasteiger partial charge on any atom is -0.496 e. The molecule has 0 amide bonds. The van der Waals surface area contributed by atoms with Crippen molar-refractivity contribution < 1.29 is 19.0 Å². The maximum Gasteiger partial charge on any atom is 0.192 e. The van der Waals surface area contributed by atoms with Crippen molar-refractivity contribution in [2.24, 2.45) is 0 Å². The summed E-state index contributed by atoms with van der Waals surface area (Å²) >= 11 is 0. The van der Waals surface area contributed by atoms with Gasteiger partial charge in [0.15, 0.2) is 5.78 Å². The number of methoxy groups -OCH3 is 1. The molecule has 1 aromatic carbocycles. The van der Waals surface area contributed by atoms with Crippen LogP contribution in [0.4, 0.5) is 0 Å². The van der Waals surface area contributed by atoms with Crippen LogP contribution in [0, 0.1) is 0 Å². The molecule has 0 aliphatic carbocycles. The maximum atomic E-state index is 11.8. The van der Waals surface area contributed by atoms with E-state index in [9.17, 15) is 4.79 Å². The molecule has 0 radical (unpaired) electrons. The number of carbonyl (C=O) groups is 1. The zero-order chi connectivity index (χ0) is 11.4. The molecule has 16 heavy (non-hydrogen) atoms. The van der Waals surface area contributed by atoms with E-state index >= 15 is 0 Å². The predicted octanol–water partition coefficient (Wildman–Crippen LogP) is 1.29. The highest BCUT2D eigenvalue weighted by Crippen LogP contribution is 2.18. The van der Waals surface area contributed by atoms with Gasteiger partial charge in [-0.3, -0.25) is 4.79 Å². The summed E-state index contributed by atoms with van der Waals surface area (Å²) in [5, 5.41) is 0. The molecule has 0 spiro atoms. The summed E-state index contributed by atoms with van der Waals surface area (Å²) in [5.41, 5.74) is 0.560. The van der Waals surface area contributed by atoms with Crippen molar-refractivity contribution in [2.45, 2.75) is 6.10 Å². The van der Waals surface area contributed by atoms with Crippen molar-refractivity contribution in [3.8, 4) is 5.75 Å². The lowest BCUT2D eigenvalue weighted by atomic mass is 10.1. The van der Waals surface area contributed by atoms with Gasteiger partial charge in [-0.2, -0.15) is 0 Å². The van der Waals surface area contributed by atoms with E-state index in [4.69, 9.17) is 14.2 Å². The lowest BCUT2D eigenvalue weighted by Gasteiger charge is -2.25. The molecule has 0 unspecified atom stereocenters. The number of para-hydroxylation sites is 1. The van der Waals surface area contributed by atoms with Gasteiger partial charge < -0.3 is 14.2 Å². The highest BCUT2D eigenvalue weighted by molar-refractivity contribution is 5.99. The number of Topliss-reactive ketones (excluding diaryl/α,β-unsaturated/α-hetero) is 1. The number of ether oxygens (including phenoxy) is 3. The minimum absolute atomic E-state index is 0.0654. The molecule has 1 aromatic rings. The van der Waals surface area contributed by atoms with Crippen molar-refractivity contribution in [2.75, 3.05) is 26.9 Å². The monoisotopic (exact) mass is 222 g/mol. The Morgan fingerprint density at radius 2 is 2.19 bits per heavy atom. The Kier molecular flexibility index (Phi) is 3.54. The van der Waals surface area contributed by atoms with E-state index in [1.807, 2.05) is 12.1 Å². The summed E-state index contributed by atoms with van der Waals surface area (Å²) in [4.78, 5) is 11.8. The second kappa shape index (κ2) is 5.09. The van der Waals surface area contributed by atoms with Crippen LogP contribution in [0.15, 0.2) is 24.3 Å². The summed E-state index contributed by atoms with van der Waals surface area (Å²) in [7, 11) is 1.55. The van der Waals surface area contributed by atoms with Crippen LogP contribution in [0.25, 0.3) is 0 Å². The van der Waals surface area contributed by atoms with E-state index in [0.717, 1.165) is 0 Å². The highest BCUT2D eigenvalue weighted by Gasteiger charge is 2.21. The maximum absolute atomic E-state index is 11.8. The van der Waals surface area contributed by atoms with E-state index < -0.39 is 0 Å². The molecule has 1 aliphatic rings. The van der Waals surface area contributed by atoms with E-state index in [1.54, 1.807) is 19.2 Å². The fourth-order valence-corrected chi connectivity index (χ4v) is 1.46. The molecule has 86 valence electrons. The van der Waals surface area contributed by atoms with Crippen molar-refractivity contribution in [1.29, 1.82) is 0 Å². The van der Waals surface area contributed by atoms with Crippen LogP contribution in [-0.4, -0.2) is 38.8 Å². The van der Waals surface area contributed by atoms with Crippen LogP contribution in [-0.2, 0) is 9.47 Å². The molecule has 1 saturated heterocycles. The van der Waals surface area contributed by atoms with Crippen LogP contribution in [0.2, 0.25) is 0 Å². The van der Waals surface area contributed by atoms with Gasteiger partial charge in [-0.1, -0.05) is 12.1 Å². The molecule has 4 heteroatoms. The molecule has 4 nitrogen and oxygen atoms in total. The first-order valence-corrected chi connectivity index (χ1v) is 5.17. The summed E-state index contributed by atoms with van der Waals surface area (Å²) in [6, 6.07) is 7.14. The molecule has 1 fully saturated rings. The molecule has 0 saturated carbocycles. The Morgan fingerprint density at radius 1 is 1.44 bits per heavy atom. The molecular weight excluding hydrogens is 208 g/mol. The topological polar surface area (TPSA) is 44.8 Å². The lowest BCUT2D eigenvalue weighted by Crippen LogP contribution is -2.37. The fraction of sp³-hybridized carbons (Fsp3) is 0.417. The Bertz CT molecular complexity index is 371. The Morgan fingerprint density at radius 3 is 2.81 bits per heavy atom. The third-order valence-corrected chi connectivity index (χ3v) is 2.46. The van der Waals surface area contributed by atoms with E-state index in [2.05, 4.69) is 0 Å². The summed E-state index contributed by atoms with van der Waals surface area (Å²) in [5.74, 6) is 0.519. The van der Waals surface area contributed by atoms with E-state index in [-0.39, 0.29) is 18.5 Å². The third-order valence-electron chi connectivity index (χ3n) is 2.46. The number of benzene rings is 1. The van der Waals surface area contributed by atoms with Gasteiger partial charge in [0, 0.05) is 0 Å². The smallest absolute Gasteiger partial charge is 0.192 e. The summed E-state index contributed by atoms with van der Waals surface area (Å²) < 4.78 is 15.4. The number of hydrogen-bond acceptors (Lipinski definition) is 4. The first kappa shape index (κ1) is 11.1. The van der Waals surface area contributed by atoms with E-state index in [0.29, 0.717) is 24.5 Å². The minimum atomic E-state index is -0.0654. The van der Waals surface area contributed by atoms with Crippen LogP contribution >= 0.6 is 0 Å². The van der Waals surface area contributed by atoms with Crippen LogP contribution < -0.4 is 4.74 Å². The molecule has 0 atom stereocenters. The number of ketones is 1. The van der Waals surface area contributed by atoms with Crippen molar-refractivity contribution >= 4 is 5.78 Å². The normalized spacial score (nSPS) is 15.6. The first-order valence-electron chi connectivity index (χ1n) is 5.17. The zero-order valence-corrected chi connectivity index (χ0v) is 9.14. The SMILES string of the molecule is COc1ccccc1C(=O)COC1COC1. The zero-order valence-electron chi connectivity index (χ0n) is 9.14. The second-order valence-corrected chi connectivity index (χ2v) is 3.59. The fourth-order valence-electron chi connectivity index (χ4n) is 1.46. The third kappa shape index (κ3) is 2.40. The molecule has 1 heterocycles. The Labute approximate surface area is 94.1 Å². The largest absolute Gasteiger partial charge is 0.496 e. The number of carbonyl (C=O) groups excluding carboxylic acids is 1. The van der Waals surface area contributed by atoms with Gasteiger partial charge in [0.25, 0.3) is 0 Å². The lowest BCUT2D eigenvalue weighted by molar-refractivity contribution is -0.123. The van der Waals surface area contributed by atoms with Gasteiger partial charge in [-0.25, -0.2) is 0 Å². The summed E-state index contributed by atoms with van der Waals surface area (Å²) in [6.45, 7) is 1.24. The van der Waals surface area contributed by atoms with Crippen LogP contribution in [0.1, 0.15) is 10.4 Å². The second-order valence-electron chi connectivity index (χ2n) is 3.59. The summed E-state index contributed by atoms with van der Waals surface area (Å²) in [6.07, 6.45) is 0.0682.